The Morgan fingerprint density at radius 2 is 1.64 bits per heavy atom. The van der Waals surface area contributed by atoms with Crippen molar-refractivity contribution >= 4 is 28.5 Å². The van der Waals surface area contributed by atoms with Gasteiger partial charge < -0.3 is 21.1 Å². The molecule has 2 aromatic rings. The third kappa shape index (κ3) is 8.33. The lowest BCUT2D eigenvalue weighted by molar-refractivity contribution is -0.132. The molecule has 7 nitrogen and oxygen atoms in total. The number of nitrogens with one attached hydrogen (secondary N) is 2. The monoisotopic (exact) mass is 497 g/mol. The summed E-state index contributed by atoms with van der Waals surface area (Å²) in [6.45, 7) is 13.2. The standard InChI is InChI=1S/C29H43N3O4/c1-20(2)29(5,6)36-19-17-28(3,4)27(35)31-18-10-9-16-24(25(30)33)32-26(34)23-15-11-13-21-12-7-8-14-22(21)23/h7-8,11-15,20,24H,9-10,16-19H2,1-6H3,(H2,30,33)(H,31,35)(H,32,34). The van der Waals surface area contributed by atoms with Crippen LogP contribution in [0.15, 0.2) is 42.5 Å². The lowest BCUT2D eigenvalue weighted by Crippen LogP contribution is -2.44. The number of fused-ring (bicyclic) bond motifs is 1. The van der Waals surface area contributed by atoms with Gasteiger partial charge in [-0.2, -0.15) is 0 Å². The molecule has 0 spiro atoms. The van der Waals surface area contributed by atoms with Gasteiger partial charge in [0.1, 0.15) is 6.04 Å². The van der Waals surface area contributed by atoms with E-state index in [9.17, 15) is 14.4 Å². The summed E-state index contributed by atoms with van der Waals surface area (Å²) in [5.74, 6) is -0.536. The number of amides is 3. The highest BCUT2D eigenvalue weighted by Crippen LogP contribution is 2.25. The van der Waals surface area contributed by atoms with Crippen LogP contribution in [-0.4, -0.2) is 42.5 Å². The van der Waals surface area contributed by atoms with E-state index in [-0.39, 0.29) is 17.4 Å². The molecule has 0 fully saturated rings. The van der Waals surface area contributed by atoms with E-state index >= 15 is 0 Å². The molecule has 2 rings (SSSR count). The molecule has 1 atom stereocenters. The normalized spacial score (nSPS) is 13.0. The molecular weight excluding hydrogens is 454 g/mol. The first kappa shape index (κ1) is 29.3. The van der Waals surface area contributed by atoms with Crippen LogP contribution in [-0.2, 0) is 14.3 Å². The van der Waals surface area contributed by atoms with Gasteiger partial charge in [-0.1, -0.05) is 64.1 Å². The number of primary amides is 1. The molecule has 0 aliphatic rings. The van der Waals surface area contributed by atoms with E-state index < -0.39 is 17.4 Å². The maximum Gasteiger partial charge on any atom is 0.252 e. The number of carbonyl (C=O) groups is 3. The van der Waals surface area contributed by atoms with Crippen LogP contribution in [0.25, 0.3) is 10.8 Å². The summed E-state index contributed by atoms with van der Waals surface area (Å²) in [4.78, 5) is 37.5. The molecule has 0 radical (unpaired) electrons. The Morgan fingerprint density at radius 1 is 0.972 bits per heavy atom. The Labute approximate surface area is 215 Å². The van der Waals surface area contributed by atoms with Crippen molar-refractivity contribution in [3.8, 4) is 0 Å². The molecule has 36 heavy (non-hydrogen) atoms. The van der Waals surface area contributed by atoms with Gasteiger partial charge in [0.15, 0.2) is 0 Å². The Balaban J connectivity index is 1.79. The average molecular weight is 498 g/mol. The zero-order valence-electron chi connectivity index (χ0n) is 22.6. The number of nitrogens with two attached hydrogens (primary N) is 1. The van der Waals surface area contributed by atoms with Gasteiger partial charge in [0.25, 0.3) is 5.91 Å². The quantitative estimate of drug-likeness (QED) is 0.332. The first-order valence-corrected chi connectivity index (χ1v) is 12.9. The minimum absolute atomic E-state index is 0.0239. The van der Waals surface area contributed by atoms with E-state index in [1.807, 2.05) is 50.2 Å². The summed E-state index contributed by atoms with van der Waals surface area (Å²) in [6, 6.07) is 12.3. The van der Waals surface area contributed by atoms with Crippen molar-refractivity contribution in [2.45, 2.75) is 78.9 Å². The van der Waals surface area contributed by atoms with Crippen LogP contribution < -0.4 is 16.4 Å². The fraction of sp³-hybridized carbons (Fsp3) is 0.552. The third-order valence-corrected chi connectivity index (χ3v) is 7.09. The van der Waals surface area contributed by atoms with Crippen LogP contribution in [0, 0.1) is 11.3 Å². The van der Waals surface area contributed by atoms with Gasteiger partial charge in [-0.25, -0.2) is 0 Å². The predicted molar refractivity (Wildman–Crippen MR) is 145 cm³/mol. The highest BCUT2D eigenvalue weighted by molar-refractivity contribution is 6.08. The topological polar surface area (TPSA) is 111 Å². The van der Waals surface area contributed by atoms with Crippen molar-refractivity contribution in [3.05, 3.63) is 48.0 Å². The minimum Gasteiger partial charge on any atom is -0.375 e. The van der Waals surface area contributed by atoms with Crippen LogP contribution in [0.3, 0.4) is 0 Å². The van der Waals surface area contributed by atoms with Gasteiger partial charge in [0.05, 0.1) is 5.60 Å². The molecular formula is C29H43N3O4. The van der Waals surface area contributed by atoms with Crippen LogP contribution in [0.1, 0.15) is 77.6 Å². The number of unbranched alkanes of at least 4 members (excludes halogenated alkanes) is 1. The van der Waals surface area contributed by atoms with Crippen molar-refractivity contribution in [2.75, 3.05) is 13.2 Å². The fourth-order valence-corrected chi connectivity index (χ4v) is 3.71. The van der Waals surface area contributed by atoms with Gasteiger partial charge in [-0.05, 0) is 62.3 Å². The molecule has 198 valence electrons. The summed E-state index contributed by atoms with van der Waals surface area (Å²) in [6.07, 6.45) is 2.34. The molecule has 0 heterocycles. The molecule has 0 aromatic heterocycles. The summed E-state index contributed by atoms with van der Waals surface area (Å²) < 4.78 is 6.00. The molecule has 0 aliphatic heterocycles. The van der Waals surface area contributed by atoms with Crippen LogP contribution >= 0.6 is 0 Å². The van der Waals surface area contributed by atoms with Crippen LogP contribution in [0.2, 0.25) is 0 Å². The van der Waals surface area contributed by atoms with E-state index in [1.54, 1.807) is 6.07 Å². The summed E-state index contributed by atoms with van der Waals surface area (Å²) in [5, 5.41) is 7.54. The molecule has 1 unspecified atom stereocenters. The maximum atomic E-state index is 12.9. The second-order valence-corrected chi connectivity index (χ2v) is 10.9. The number of carbonyl (C=O) groups excluding carboxylic acids is 3. The van der Waals surface area contributed by atoms with E-state index in [4.69, 9.17) is 10.5 Å². The molecule has 2 aromatic carbocycles. The Bertz CT molecular complexity index is 1040. The van der Waals surface area contributed by atoms with Crippen molar-refractivity contribution < 1.29 is 19.1 Å². The first-order chi connectivity index (χ1) is 16.8. The molecule has 0 saturated heterocycles. The van der Waals surface area contributed by atoms with E-state index in [0.29, 0.717) is 50.3 Å². The smallest absolute Gasteiger partial charge is 0.252 e. The van der Waals surface area contributed by atoms with E-state index in [2.05, 4.69) is 38.3 Å². The van der Waals surface area contributed by atoms with Gasteiger partial charge in [-0.3, -0.25) is 14.4 Å². The summed E-state index contributed by atoms with van der Waals surface area (Å²) >= 11 is 0. The van der Waals surface area contributed by atoms with Crippen molar-refractivity contribution in [2.24, 2.45) is 17.1 Å². The molecule has 3 amide bonds. The van der Waals surface area contributed by atoms with E-state index in [1.165, 1.54) is 0 Å². The maximum absolute atomic E-state index is 12.9. The largest absolute Gasteiger partial charge is 0.375 e. The van der Waals surface area contributed by atoms with Crippen LogP contribution in [0.5, 0.6) is 0 Å². The van der Waals surface area contributed by atoms with Gasteiger partial charge in [0.2, 0.25) is 11.8 Å². The zero-order valence-corrected chi connectivity index (χ0v) is 22.6. The van der Waals surface area contributed by atoms with Gasteiger partial charge >= 0.3 is 0 Å². The predicted octanol–water partition coefficient (Wildman–Crippen LogP) is 4.58. The van der Waals surface area contributed by atoms with Crippen molar-refractivity contribution in [1.82, 2.24) is 10.6 Å². The highest BCUT2D eigenvalue weighted by Gasteiger charge is 2.29. The van der Waals surface area contributed by atoms with Crippen molar-refractivity contribution in [3.63, 3.8) is 0 Å². The van der Waals surface area contributed by atoms with Crippen molar-refractivity contribution in [1.29, 1.82) is 0 Å². The van der Waals surface area contributed by atoms with Gasteiger partial charge in [0, 0.05) is 24.1 Å². The molecule has 0 aliphatic carbocycles. The van der Waals surface area contributed by atoms with Gasteiger partial charge in [-0.15, -0.1) is 0 Å². The first-order valence-electron chi connectivity index (χ1n) is 12.9. The SMILES string of the molecule is CC(C)C(C)(C)OCCC(C)(C)C(=O)NCCCCC(NC(=O)c1cccc2ccccc12)C(N)=O. The third-order valence-electron chi connectivity index (χ3n) is 7.09. The van der Waals surface area contributed by atoms with E-state index in [0.717, 1.165) is 10.8 Å². The molecule has 0 saturated carbocycles. The minimum atomic E-state index is -0.773. The zero-order chi connectivity index (χ0) is 26.9. The van der Waals surface area contributed by atoms with Crippen LogP contribution in [0.4, 0.5) is 0 Å². The number of hydrogen-bond acceptors (Lipinski definition) is 4. The molecule has 0 bridgehead atoms. The Morgan fingerprint density at radius 3 is 2.31 bits per heavy atom. The second-order valence-electron chi connectivity index (χ2n) is 10.9. The Kier molecular flexibility index (Phi) is 10.5. The highest BCUT2D eigenvalue weighted by atomic mass is 16.5. The Hall–Kier alpha value is -2.93. The number of hydrogen-bond donors (Lipinski definition) is 3. The second kappa shape index (κ2) is 12.9. The average Bonchev–Trinajstić information content (AvgIpc) is 2.81. The molecule has 4 N–H and O–H groups in total. The lowest BCUT2D eigenvalue weighted by atomic mass is 9.88. The number of benzene rings is 2. The lowest BCUT2D eigenvalue weighted by Gasteiger charge is -2.31. The summed E-state index contributed by atoms with van der Waals surface area (Å²) in [7, 11) is 0. The summed E-state index contributed by atoms with van der Waals surface area (Å²) in [5.41, 5.74) is 5.29. The molecule has 7 heteroatoms. The fourth-order valence-electron chi connectivity index (χ4n) is 3.71. The number of ether oxygens (including phenoxy) is 1. The number of rotatable bonds is 14.